The molecule has 2 aromatic rings. The number of aryl methyl sites for hydroxylation is 1. The molecule has 1 aliphatic heterocycles. The molecule has 0 aromatic carbocycles. The van der Waals surface area contributed by atoms with Gasteiger partial charge in [0, 0.05) is 13.6 Å². The minimum absolute atomic E-state index is 0.106. The zero-order chi connectivity index (χ0) is 12.7. The van der Waals surface area contributed by atoms with Gasteiger partial charge in [-0.05, 0) is 24.4 Å². The first-order chi connectivity index (χ1) is 8.70. The maximum absolute atomic E-state index is 9.42. The topological polar surface area (TPSA) is 67.1 Å². The Balaban J connectivity index is 2.18. The molecule has 1 atom stereocenters. The lowest BCUT2D eigenvalue weighted by Gasteiger charge is -2.24. The first-order valence-electron chi connectivity index (χ1n) is 5.93. The fourth-order valence-electron chi connectivity index (χ4n) is 2.54. The zero-order valence-electron chi connectivity index (χ0n) is 10.0. The number of aliphatic hydroxyl groups is 1. The van der Waals surface area contributed by atoms with E-state index in [1.807, 2.05) is 7.05 Å². The van der Waals surface area contributed by atoms with Crippen LogP contribution in [0.1, 0.15) is 12.8 Å². The molecule has 0 radical (unpaired) electrons. The fraction of sp³-hybridized carbons (Fsp3) is 0.545. The number of anilines is 1. The van der Waals surface area contributed by atoms with E-state index < -0.39 is 0 Å². The van der Waals surface area contributed by atoms with Gasteiger partial charge in [0.05, 0.1) is 18.8 Å². The van der Waals surface area contributed by atoms with E-state index in [0.717, 1.165) is 36.2 Å². The highest BCUT2D eigenvalue weighted by Gasteiger charge is 2.28. The number of fused-ring (bicyclic) bond motifs is 1. The molecule has 6 nitrogen and oxygen atoms in total. The lowest BCUT2D eigenvalue weighted by Crippen LogP contribution is -2.33. The largest absolute Gasteiger partial charge is 0.394 e. The van der Waals surface area contributed by atoms with Crippen LogP contribution >= 0.6 is 11.6 Å². The van der Waals surface area contributed by atoms with E-state index >= 15 is 0 Å². The Morgan fingerprint density at radius 1 is 1.50 bits per heavy atom. The van der Waals surface area contributed by atoms with Crippen molar-refractivity contribution in [1.82, 2.24) is 19.7 Å². The van der Waals surface area contributed by atoms with Gasteiger partial charge in [-0.25, -0.2) is 4.98 Å². The fourth-order valence-corrected chi connectivity index (χ4v) is 2.71. The van der Waals surface area contributed by atoms with Gasteiger partial charge in [0.1, 0.15) is 11.0 Å². The van der Waals surface area contributed by atoms with Gasteiger partial charge in [-0.2, -0.15) is 10.1 Å². The van der Waals surface area contributed by atoms with Crippen LogP contribution in [0, 0.1) is 0 Å². The third-order valence-electron chi connectivity index (χ3n) is 3.40. The van der Waals surface area contributed by atoms with Crippen molar-refractivity contribution in [3.05, 3.63) is 11.5 Å². The second-order valence-electron chi connectivity index (χ2n) is 4.49. The summed E-state index contributed by atoms with van der Waals surface area (Å²) in [7, 11) is 1.85. The third kappa shape index (κ3) is 1.72. The van der Waals surface area contributed by atoms with Crippen LogP contribution in [0.15, 0.2) is 6.20 Å². The molecule has 18 heavy (non-hydrogen) atoms. The molecular weight excluding hydrogens is 254 g/mol. The normalized spacial score (nSPS) is 19.9. The van der Waals surface area contributed by atoms with Crippen molar-refractivity contribution in [2.45, 2.75) is 18.9 Å². The standard InChI is InChI=1S/C11H14ClN5O/c1-16-9-8(5-13-16)14-11(12)15-10(9)17-4-2-3-7(17)6-18/h5,7,18H,2-4,6H2,1H3. The summed E-state index contributed by atoms with van der Waals surface area (Å²) >= 11 is 5.95. The Labute approximate surface area is 109 Å². The van der Waals surface area contributed by atoms with Crippen LogP contribution in [0.3, 0.4) is 0 Å². The second-order valence-corrected chi connectivity index (χ2v) is 4.83. The van der Waals surface area contributed by atoms with Crippen LogP contribution in [0.25, 0.3) is 11.0 Å². The van der Waals surface area contributed by atoms with E-state index in [0.29, 0.717) is 0 Å². The molecule has 1 fully saturated rings. The first-order valence-corrected chi connectivity index (χ1v) is 6.31. The summed E-state index contributed by atoms with van der Waals surface area (Å²) in [5, 5.41) is 13.8. The minimum Gasteiger partial charge on any atom is -0.394 e. The van der Waals surface area contributed by atoms with Gasteiger partial charge in [0.2, 0.25) is 5.28 Å². The molecular formula is C11H14ClN5O. The van der Waals surface area contributed by atoms with Crippen molar-refractivity contribution < 1.29 is 5.11 Å². The van der Waals surface area contributed by atoms with Gasteiger partial charge in [-0.1, -0.05) is 0 Å². The maximum Gasteiger partial charge on any atom is 0.225 e. The molecule has 96 valence electrons. The highest BCUT2D eigenvalue weighted by Crippen LogP contribution is 2.30. The lowest BCUT2D eigenvalue weighted by molar-refractivity contribution is 0.266. The molecule has 3 heterocycles. The molecule has 0 saturated carbocycles. The van der Waals surface area contributed by atoms with E-state index in [2.05, 4.69) is 20.0 Å². The summed E-state index contributed by atoms with van der Waals surface area (Å²) in [5.41, 5.74) is 1.59. The Hall–Kier alpha value is -1.40. The van der Waals surface area contributed by atoms with Crippen molar-refractivity contribution >= 4 is 28.5 Å². The molecule has 1 aliphatic rings. The number of rotatable bonds is 2. The van der Waals surface area contributed by atoms with Gasteiger partial charge < -0.3 is 10.0 Å². The summed E-state index contributed by atoms with van der Waals surface area (Å²) in [6.07, 6.45) is 3.69. The van der Waals surface area contributed by atoms with Gasteiger partial charge >= 0.3 is 0 Å². The third-order valence-corrected chi connectivity index (χ3v) is 3.57. The lowest BCUT2D eigenvalue weighted by atomic mass is 10.2. The smallest absolute Gasteiger partial charge is 0.225 e. The highest BCUT2D eigenvalue weighted by molar-refractivity contribution is 6.28. The molecule has 0 spiro atoms. The Kier molecular flexibility index (Phi) is 2.83. The number of aromatic nitrogens is 4. The second kappa shape index (κ2) is 4.37. The first kappa shape index (κ1) is 11.7. The van der Waals surface area contributed by atoms with Crippen molar-refractivity contribution in [2.75, 3.05) is 18.1 Å². The molecule has 1 N–H and O–H groups in total. The quantitative estimate of drug-likeness (QED) is 0.822. The predicted octanol–water partition coefficient (Wildman–Crippen LogP) is 0.978. The molecule has 0 bridgehead atoms. The van der Waals surface area contributed by atoms with E-state index in [1.165, 1.54) is 0 Å². The molecule has 3 rings (SSSR count). The molecule has 1 unspecified atom stereocenters. The SMILES string of the molecule is Cn1ncc2nc(Cl)nc(N3CCCC3CO)c21. The van der Waals surface area contributed by atoms with Crippen LogP contribution in [-0.4, -0.2) is 44.0 Å². The van der Waals surface area contributed by atoms with E-state index in [9.17, 15) is 5.11 Å². The summed E-state index contributed by atoms with van der Waals surface area (Å²) in [4.78, 5) is 10.6. The monoisotopic (exact) mass is 267 g/mol. The Bertz CT molecular complexity index is 584. The van der Waals surface area contributed by atoms with Crippen molar-refractivity contribution in [1.29, 1.82) is 0 Å². The summed E-state index contributed by atoms with van der Waals surface area (Å²) < 4.78 is 1.74. The summed E-state index contributed by atoms with van der Waals surface area (Å²) in [6.45, 7) is 1.000. The zero-order valence-corrected chi connectivity index (χ0v) is 10.8. The van der Waals surface area contributed by atoms with E-state index in [4.69, 9.17) is 11.6 Å². The number of aliphatic hydroxyl groups excluding tert-OH is 1. The van der Waals surface area contributed by atoms with Crippen LogP contribution in [-0.2, 0) is 7.05 Å². The van der Waals surface area contributed by atoms with Crippen molar-refractivity contribution in [3.63, 3.8) is 0 Å². The number of halogens is 1. The molecule has 0 aliphatic carbocycles. The highest BCUT2D eigenvalue weighted by atomic mass is 35.5. The van der Waals surface area contributed by atoms with Crippen molar-refractivity contribution in [2.24, 2.45) is 7.05 Å². The average Bonchev–Trinajstić information content (AvgIpc) is 2.95. The van der Waals surface area contributed by atoms with Crippen LogP contribution in [0.2, 0.25) is 5.28 Å². The van der Waals surface area contributed by atoms with Gasteiger partial charge in [-0.3, -0.25) is 4.68 Å². The molecule has 1 saturated heterocycles. The number of hydrogen-bond donors (Lipinski definition) is 1. The number of nitrogens with zero attached hydrogens (tertiary/aromatic N) is 5. The summed E-state index contributed by atoms with van der Waals surface area (Å²) in [5.74, 6) is 0.765. The molecule has 7 heteroatoms. The van der Waals surface area contributed by atoms with Gasteiger partial charge in [0.25, 0.3) is 0 Å². The van der Waals surface area contributed by atoms with E-state index in [-0.39, 0.29) is 17.9 Å². The maximum atomic E-state index is 9.42. The Morgan fingerprint density at radius 2 is 2.33 bits per heavy atom. The number of hydrogen-bond acceptors (Lipinski definition) is 5. The van der Waals surface area contributed by atoms with Crippen LogP contribution in [0.5, 0.6) is 0 Å². The van der Waals surface area contributed by atoms with Crippen LogP contribution < -0.4 is 4.90 Å². The molecule has 0 amide bonds. The van der Waals surface area contributed by atoms with Gasteiger partial charge in [0.15, 0.2) is 5.82 Å². The van der Waals surface area contributed by atoms with Crippen LogP contribution in [0.4, 0.5) is 5.82 Å². The predicted molar refractivity (Wildman–Crippen MR) is 68.8 cm³/mol. The minimum atomic E-state index is 0.106. The molecule has 2 aromatic heterocycles. The summed E-state index contributed by atoms with van der Waals surface area (Å²) in [6, 6.07) is 0.106. The Morgan fingerprint density at radius 3 is 3.11 bits per heavy atom. The van der Waals surface area contributed by atoms with E-state index in [1.54, 1.807) is 10.9 Å². The van der Waals surface area contributed by atoms with Crippen molar-refractivity contribution in [3.8, 4) is 0 Å². The van der Waals surface area contributed by atoms with Gasteiger partial charge in [-0.15, -0.1) is 0 Å². The average molecular weight is 268 g/mol.